The number of carbonyl (C=O) groups is 5. The van der Waals surface area contributed by atoms with Crippen LogP contribution in [0.5, 0.6) is 0 Å². The summed E-state index contributed by atoms with van der Waals surface area (Å²) in [5.41, 5.74) is 3.23. The first-order chi connectivity index (χ1) is 29.2. The van der Waals surface area contributed by atoms with E-state index in [1.807, 2.05) is 66.9 Å². The number of amides is 5. The first-order valence-corrected chi connectivity index (χ1v) is 21.4. The molecule has 4 aliphatic heterocycles. The van der Waals surface area contributed by atoms with Gasteiger partial charge >= 0.3 is 0 Å². The molecule has 14 heteroatoms. The Morgan fingerprint density at radius 1 is 0.750 bits per heavy atom. The monoisotopic (exact) mass is 820 g/mol. The van der Waals surface area contributed by atoms with Crippen LogP contribution in [0.2, 0.25) is 0 Å². The lowest BCUT2D eigenvalue weighted by Gasteiger charge is -2.40. The predicted molar refractivity (Wildman–Crippen MR) is 226 cm³/mol. The zero-order valence-electron chi connectivity index (χ0n) is 34.0. The van der Waals surface area contributed by atoms with E-state index in [9.17, 15) is 28.4 Å². The summed E-state index contributed by atoms with van der Waals surface area (Å²) in [4.78, 5) is 74.9. The van der Waals surface area contributed by atoms with Crippen LogP contribution in [0.3, 0.4) is 0 Å². The van der Waals surface area contributed by atoms with Gasteiger partial charge in [0, 0.05) is 44.7 Å². The van der Waals surface area contributed by atoms with Crippen molar-refractivity contribution in [3.8, 4) is 0 Å². The second-order valence-corrected chi connectivity index (χ2v) is 16.5. The summed E-state index contributed by atoms with van der Waals surface area (Å²) in [5.74, 6) is -3.12. The molecule has 318 valence electrons. The minimum Gasteiger partial charge on any atom is -0.380 e. The molecule has 0 bridgehead atoms. The molecule has 4 heterocycles. The van der Waals surface area contributed by atoms with Crippen molar-refractivity contribution in [3.05, 3.63) is 119 Å². The number of benzene rings is 2. The van der Waals surface area contributed by atoms with Crippen LogP contribution >= 0.6 is 0 Å². The van der Waals surface area contributed by atoms with Gasteiger partial charge in [0.25, 0.3) is 0 Å². The molecule has 2 aromatic rings. The van der Waals surface area contributed by atoms with Crippen LogP contribution in [0.15, 0.2) is 102 Å². The topological polar surface area (TPSA) is 164 Å². The SMILES string of the molecule is O=C(CN1CCC(N2CCCCC2)CC1)NC1CC(=O)NC(CC2=CNC3C=CC=CC=C23)C(=O)N[C@@H](Cc2ccc(F)cc2)C(=O)N[C@H](Cc2ccccc2)CNC1=O. The summed E-state index contributed by atoms with van der Waals surface area (Å²) in [5, 5.41) is 17.8. The molecule has 5 amide bonds. The summed E-state index contributed by atoms with van der Waals surface area (Å²) in [6.07, 6.45) is 17.2. The number of nitrogens with zero attached hydrogens (tertiary/aromatic N) is 2. The Kier molecular flexibility index (Phi) is 14.6. The van der Waals surface area contributed by atoms with Gasteiger partial charge in [-0.2, -0.15) is 0 Å². The average molecular weight is 821 g/mol. The largest absolute Gasteiger partial charge is 0.380 e. The first kappa shape index (κ1) is 42.5. The van der Waals surface area contributed by atoms with Crippen LogP contribution < -0.4 is 31.9 Å². The van der Waals surface area contributed by atoms with Crippen molar-refractivity contribution < 1.29 is 28.4 Å². The highest BCUT2D eigenvalue weighted by molar-refractivity contribution is 5.96. The Morgan fingerprint density at radius 2 is 1.47 bits per heavy atom. The summed E-state index contributed by atoms with van der Waals surface area (Å²) >= 11 is 0. The fourth-order valence-electron chi connectivity index (χ4n) is 8.81. The molecular formula is C46H57FN8O5. The summed E-state index contributed by atoms with van der Waals surface area (Å²) < 4.78 is 13.9. The number of halogens is 1. The Balaban J connectivity index is 1.11. The van der Waals surface area contributed by atoms with E-state index in [4.69, 9.17) is 0 Å². The minimum atomic E-state index is -1.24. The highest BCUT2D eigenvalue weighted by Crippen LogP contribution is 2.27. The fraction of sp³-hybridized carbons (Fsp3) is 0.457. The van der Waals surface area contributed by atoms with E-state index in [0.717, 1.165) is 55.7 Å². The van der Waals surface area contributed by atoms with Gasteiger partial charge in [-0.15, -0.1) is 0 Å². The van der Waals surface area contributed by atoms with Crippen molar-refractivity contribution in [2.24, 2.45) is 0 Å². The van der Waals surface area contributed by atoms with Gasteiger partial charge in [0.2, 0.25) is 29.5 Å². The van der Waals surface area contributed by atoms with Crippen molar-refractivity contribution in [2.75, 3.05) is 39.3 Å². The van der Waals surface area contributed by atoms with Gasteiger partial charge < -0.3 is 36.8 Å². The average Bonchev–Trinajstić information content (AvgIpc) is 3.46. The number of rotatable bonds is 10. The third kappa shape index (κ3) is 11.8. The molecule has 3 unspecified atom stereocenters. The van der Waals surface area contributed by atoms with Crippen LogP contribution in [0.25, 0.3) is 0 Å². The van der Waals surface area contributed by atoms with E-state index < -0.39 is 60.0 Å². The second kappa shape index (κ2) is 20.6. The lowest BCUT2D eigenvalue weighted by molar-refractivity contribution is -0.135. The lowest BCUT2D eigenvalue weighted by Crippen LogP contribution is -2.59. The Hall–Kier alpha value is -5.60. The van der Waals surface area contributed by atoms with E-state index >= 15 is 0 Å². The number of allylic oxidation sites excluding steroid dienone is 4. The van der Waals surface area contributed by atoms with Crippen molar-refractivity contribution in [3.63, 3.8) is 0 Å². The standard InChI is InChI=1S/C46H57FN8O5/c47-34-16-14-32(15-17-34)25-39-45(59)50-35(24-31-10-4-1-5-11-31)29-49-44(58)41(52-43(57)30-54-22-18-36(19-23-54)55-20-8-3-9-21-55)27-42(56)51-40(46(60)53-39)26-33-28-48-38-13-7-2-6-12-37(33)38/h1-2,4-7,10-17,28,35-36,38-41,48H,3,8-9,18-27,29-30H2,(H,49,58)(H,50,59)(H,51,56)(H,52,57)(H,53,60)/t35-,38?,39+,40?,41?/m1/s1. The number of hydrogen-bond acceptors (Lipinski definition) is 8. The van der Waals surface area contributed by atoms with Crippen LogP contribution in [0.1, 0.15) is 56.1 Å². The molecule has 3 fully saturated rings. The van der Waals surface area contributed by atoms with E-state index in [2.05, 4.69) is 41.7 Å². The fourth-order valence-corrected chi connectivity index (χ4v) is 8.81. The molecule has 0 radical (unpaired) electrons. The molecule has 5 aliphatic rings. The van der Waals surface area contributed by atoms with Gasteiger partial charge in [0.1, 0.15) is 23.9 Å². The number of piperidine rings is 2. The quantitative estimate of drug-likeness (QED) is 0.213. The Bertz CT molecular complexity index is 1970. The van der Waals surface area contributed by atoms with Gasteiger partial charge in [0.15, 0.2) is 0 Å². The highest BCUT2D eigenvalue weighted by Gasteiger charge is 2.34. The maximum Gasteiger partial charge on any atom is 0.243 e. The third-order valence-electron chi connectivity index (χ3n) is 12.1. The number of carbonyl (C=O) groups excluding carboxylic acids is 5. The van der Waals surface area contributed by atoms with Gasteiger partial charge in [-0.05, 0) is 79.6 Å². The number of likely N-dealkylation sites (tertiary alicyclic amines) is 2. The molecule has 1 aliphatic carbocycles. The van der Waals surface area contributed by atoms with Crippen LogP contribution in [-0.4, -0.2) is 115 Å². The zero-order chi connectivity index (χ0) is 41.8. The smallest absolute Gasteiger partial charge is 0.243 e. The molecule has 2 aromatic carbocycles. The third-order valence-corrected chi connectivity index (χ3v) is 12.1. The molecule has 0 aromatic heterocycles. The number of fused-ring (bicyclic) bond motifs is 1. The summed E-state index contributed by atoms with van der Waals surface area (Å²) in [7, 11) is 0. The van der Waals surface area contributed by atoms with Crippen LogP contribution in [-0.2, 0) is 36.8 Å². The van der Waals surface area contributed by atoms with Crippen LogP contribution in [0, 0.1) is 5.82 Å². The molecule has 13 nitrogen and oxygen atoms in total. The van der Waals surface area contributed by atoms with Crippen molar-refractivity contribution >= 4 is 29.5 Å². The zero-order valence-corrected chi connectivity index (χ0v) is 34.0. The molecule has 0 spiro atoms. The van der Waals surface area contributed by atoms with E-state index in [-0.39, 0.29) is 37.9 Å². The van der Waals surface area contributed by atoms with Gasteiger partial charge in [-0.25, -0.2) is 4.39 Å². The van der Waals surface area contributed by atoms with E-state index in [1.54, 1.807) is 12.1 Å². The van der Waals surface area contributed by atoms with Crippen molar-refractivity contribution in [1.82, 2.24) is 41.7 Å². The number of nitrogens with one attached hydrogen (secondary N) is 6. The highest BCUT2D eigenvalue weighted by atomic mass is 19.1. The maximum absolute atomic E-state index is 14.4. The minimum absolute atomic E-state index is 0.0162. The van der Waals surface area contributed by atoms with Crippen molar-refractivity contribution in [1.29, 1.82) is 0 Å². The Morgan fingerprint density at radius 3 is 2.23 bits per heavy atom. The predicted octanol–water partition coefficient (Wildman–Crippen LogP) is 2.32. The molecule has 3 saturated heterocycles. The molecular weight excluding hydrogens is 764 g/mol. The van der Waals surface area contributed by atoms with Crippen LogP contribution in [0.4, 0.5) is 4.39 Å². The molecule has 7 rings (SSSR count). The maximum atomic E-state index is 14.4. The first-order valence-electron chi connectivity index (χ1n) is 21.4. The molecule has 0 saturated carbocycles. The van der Waals surface area contributed by atoms with Gasteiger partial charge in [-0.3, -0.25) is 28.9 Å². The van der Waals surface area contributed by atoms with E-state index in [0.29, 0.717) is 18.0 Å². The molecule has 60 heavy (non-hydrogen) atoms. The normalized spacial score (nSPS) is 26.2. The lowest BCUT2D eigenvalue weighted by atomic mass is 9.95. The van der Waals surface area contributed by atoms with Gasteiger partial charge in [0.05, 0.1) is 25.0 Å². The van der Waals surface area contributed by atoms with E-state index in [1.165, 1.54) is 31.4 Å². The summed E-state index contributed by atoms with van der Waals surface area (Å²) in [6, 6.07) is 11.4. The van der Waals surface area contributed by atoms with Gasteiger partial charge in [-0.1, -0.05) is 79.3 Å². The summed E-state index contributed by atoms with van der Waals surface area (Å²) in [6.45, 7) is 3.85. The van der Waals surface area contributed by atoms with Crippen molar-refractivity contribution in [2.45, 2.75) is 94.0 Å². The Labute approximate surface area is 351 Å². The second-order valence-electron chi connectivity index (χ2n) is 16.5. The number of hydrogen-bond donors (Lipinski definition) is 6. The molecule has 5 atom stereocenters. The molecule has 6 N–H and O–H groups in total.